The van der Waals surface area contributed by atoms with E-state index in [2.05, 4.69) is 5.32 Å². The number of thiophene rings is 1. The number of carbonyl (C=O) groups excluding carboxylic acids is 3. The van der Waals surface area contributed by atoms with E-state index in [0.717, 1.165) is 18.4 Å². The third-order valence-electron chi connectivity index (χ3n) is 4.51. The van der Waals surface area contributed by atoms with Gasteiger partial charge in [-0.3, -0.25) is 19.8 Å². The molecule has 1 aromatic rings. The van der Waals surface area contributed by atoms with Gasteiger partial charge in [-0.1, -0.05) is 12.8 Å². The zero-order valence-electron chi connectivity index (χ0n) is 11.9. The first-order valence-electron chi connectivity index (χ1n) is 7.25. The van der Waals surface area contributed by atoms with Gasteiger partial charge in [-0.25, -0.2) is 4.79 Å². The number of amides is 4. The van der Waals surface area contributed by atoms with Crippen LogP contribution in [0.3, 0.4) is 0 Å². The van der Waals surface area contributed by atoms with Crippen LogP contribution in [0.4, 0.5) is 4.79 Å². The molecule has 1 aromatic heterocycles. The van der Waals surface area contributed by atoms with Gasteiger partial charge in [0.1, 0.15) is 5.41 Å². The molecule has 1 spiro atoms. The van der Waals surface area contributed by atoms with Gasteiger partial charge < -0.3 is 0 Å². The Labute approximate surface area is 127 Å². The zero-order chi connectivity index (χ0) is 15.0. The lowest BCUT2D eigenvalue weighted by atomic mass is 9.81. The highest BCUT2D eigenvalue weighted by molar-refractivity contribution is 7.07. The maximum Gasteiger partial charge on any atom is 0.331 e. The predicted molar refractivity (Wildman–Crippen MR) is 78.8 cm³/mol. The van der Waals surface area contributed by atoms with Crippen molar-refractivity contribution in [3.05, 3.63) is 22.4 Å². The second-order valence-corrected chi connectivity index (χ2v) is 6.69. The summed E-state index contributed by atoms with van der Waals surface area (Å²) in [6.07, 6.45) is 3.44. The molecule has 1 unspecified atom stereocenters. The van der Waals surface area contributed by atoms with E-state index in [0.29, 0.717) is 19.3 Å². The van der Waals surface area contributed by atoms with Crippen LogP contribution in [0.15, 0.2) is 16.8 Å². The fraction of sp³-hybridized carbons (Fsp3) is 0.533. The van der Waals surface area contributed by atoms with Crippen LogP contribution in [0.1, 0.15) is 38.2 Å². The molecule has 6 heteroatoms. The molecule has 0 bridgehead atoms. The van der Waals surface area contributed by atoms with Crippen molar-refractivity contribution in [3.63, 3.8) is 0 Å². The first-order valence-corrected chi connectivity index (χ1v) is 8.19. The Morgan fingerprint density at radius 3 is 2.67 bits per heavy atom. The molecule has 0 radical (unpaired) electrons. The van der Waals surface area contributed by atoms with E-state index < -0.39 is 17.4 Å². The van der Waals surface area contributed by atoms with Crippen molar-refractivity contribution < 1.29 is 14.4 Å². The van der Waals surface area contributed by atoms with E-state index in [1.54, 1.807) is 11.3 Å². The third kappa shape index (κ3) is 2.27. The lowest BCUT2D eigenvalue weighted by Crippen LogP contribution is -2.65. The van der Waals surface area contributed by atoms with E-state index in [-0.39, 0.29) is 11.9 Å². The third-order valence-corrected chi connectivity index (χ3v) is 5.24. The lowest BCUT2D eigenvalue weighted by Gasteiger charge is -2.39. The number of rotatable bonds is 3. The average Bonchev–Trinajstić information content (AvgIpc) is 3.08. The van der Waals surface area contributed by atoms with Crippen LogP contribution in [-0.4, -0.2) is 28.8 Å². The van der Waals surface area contributed by atoms with Gasteiger partial charge in [-0.2, -0.15) is 11.3 Å². The van der Waals surface area contributed by atoms with Gasteiger partial charge in [0.05, 0.1) is 0 Å². The highest BCUT2D eigenvalue weighted by Crippen LogP contribution is 2.42. The Balaban J connectivity index is 1.84. The summed E-state index contributed by atoms with van der Waals surface area (Å²) < 4.78 is 0. The summed E-state index contributed by atoms with van der Waals surface area (Å²) in [6, 6.07) is 1.16. The minimum absolute atomic E-state index is 0.252. The van der Waals surface area contributed by atoms with E-state index >= 15 is 0 Å². The van der Waals surface area contributed by atoms with Crippen molar-refractivity contribution in [3.8, 4) is 0 Å². The van der Waals surface area contributed by atoms with Gasteiger partial charge in [0, 0.05) is 6.04 Å². The number of carbonyl (C=O) groups is 3. The van der Waals surface area contributed by atoms with Crippen molar-refractivity contribution in [2.75, 3.05) is 0 Å². The van der Waals surface area contributed by atoms with Gasteiger partial charge in [0.2, 0.25) is 11.8 Å². The number of barbiturate groups is 1. The van der Waals surface area contributed by atoms with Crippen LogP contribution in [-0.2, 0) is 16.0 Å². The summed E-state index contributed by atoms with van der Waals surface area (Å²) in [5.74, 6) is -0.717. The number of nitrogens with zero attached hydrogens (tertiary/aromatic N) is 1. The molecule has 3 rings (SSSR count). The van der Waals surface area contributed by atoms with E-state index in [1.165, 1.54) is 4.90 Å². The first kappa shape index (κ1) is 14.3. The van der Waals surface area contributed by atoms with Gasteiger partial charge in [0.15, 0.2) is 0 Å². The molecule has 112 valence electrons. The minimum Gasteiger partial charge on any atom is -0.277 e. The maximum atomic E-state index is 12.8. The smallest absolute Gasteiger partial charge is 0.277 e. The number of imide groups is 2. The normalized spacial score (nSPS) is 22.7. The zero-order valence-corrected chi connectivity index (χ0v) is 12.7. The van der Waals surface area contributed by atoms with Gasteiger partial charge in [-0.05, 0) is 48.6 Å². The average molecular weight is 306 g/mol. The molecule has 2 heterocycles. The SMILES string of the molecule is CC(Cc1ccsc1)N1C(=O)NC(=O)C2(CCCC2)C1=O. The van der Waals surface area contributed by atoms with Crippen molar-refractivity contribution in [1.82, 2.24) is 10.2 Å². The molecule has 5 nitrogen and oxygen atoms in total. The summed E-state index contributed by atoms with van der Waals surface area (Å²) in [5, 5.41) is 6.37. The fourth-order valence-corrected chi connectivity index (χ4v) is 4.04. The van der Waals surface area contributed by atoms with Crippen LogP contribution in [0.25, 0.3) is 0 Å². The van der Waals surface area contributed by atoms with E-state index in [1.807, 2.05) is 23.8 Å². The summed E-state index contributed by atoms with van der Waals surface area (Å²) in [4.78, 5) is 38.3. The van der Waals surface area contributed by atoms with Gasteiger partial charge in [-0.15, -0.1) is 0 Å². The lowest BCUT2D eigenvalue weighted by molar-refractivity contribution is -0.152. The molecular formula is C15H18N2O3S. The summed E-state index contributed by atoms with van der Waals surface area (Å²) in [6.45, 7) is 1.85. The standard InChI is InChI=1S/C15H18N2O3S/c1-10(8-11-4-7-21-9-11)17-13(19)15(5-2-3-6-15)12(18)16-14(17)20/h4,7,9-10H,2-3,5-6,8H2,1H3,(H,16,18,20). The summed E-state index contributed by atoms with van der Waals surface area (Å²) in [5.41, 5.74) is 0.0991. The molecule has 0 aromatic carbocycles. The molecule has 1 atom stereocenters. The Bertz CT molecular complexity index is 576. The Morgan fingerprint density at radius 1 is 1.33 bits per heavy atom. The van der Waals surface area contributed by atoms with Crippen molar-refractivity contribution in [2.45, 2.75) is 45.1 Å². The van der Waals surface area contributed by atoms with Crippen LogP contribution in [0.2, 0.25) is 0 Å². The Hall–Kier alpha value is -1.69. The number of hydrogen-bond donors (Lipinski definition) is 1. The molecule has 1 saturated carbocycles. The molecule has 2 aliphatic rings. The topological polar surface area (TPSA) is 66.5 Å². The van der Waals surface area contributed by atoms with Crippen molar-refractivity contribution in [1.29, 1.82) is 0 Å². The molecule has 1 aliphatic heterocycles. The second kappa shape index (κ2) is 5.26. The maximum absolute atomic E-state index is 12.8. The molecule has 4 amide bonds. The quantitative estimate of drug-likeness (QED) is 0.872. The van der Waals surface area contributed by atoms with Gasteiger partial charge >= 0.3 is 6.03 Å². The molecule has 21 heavy (non-hydrogen) atoms. The van der Waals surface area contributed by atoms with Crippen LogP contribution in [0.5, 0.6) is 0 Å². The van der Waals surface area contributed by atoms with Crippen LogP contribution < -0.4 is 5.32 Å². The van der Waals surface area contributed by atoms with E-state index in [4.69, 9.17) is 0 Å². The summed E-state index contributed by atoms with van der Waals surface area (Å²) in [7, 11) is 0. The minimum atomic E-state index is -1.00. The number of hydrogen-bond acceptors (Lipinski definition) is 4. The second-order valence-electron chi connectivity index (χ2n) is 5.91. The van der Waals surface area contributed by atoms with Crippen molar-refractivity contribution in [2.24, 2.45) is 5.41 Å². The highest BCUT2D eigenvalue weighted by Gasteiger charge is 2.55. The molecule has 2 fully saturated rings. The van der Waals surface area contributed by atoms with Gasteiger partial charge in [0.25, 0.3) is 0 Å². The van der Waals surface area contributed by atoms with Crippen LogP contribution >= 0.6 is 11.3 Å². The number of nitrogens with one attached hydrogen (secondary N) is 1. The molecule has 1 N–H and O–H groups in total. The highest BCUT2D eigenvalue weighted by atomic mass is 32.1. The van der Waals surface area contributed by atoms with Crippen molar-refractivity contribution >= 4 is 29.2 Å². The Kier molecular flexibility index (Phi) is 3.57. The predicted octanol–water partition coefficient (Wildman–Crippen LogP) is 2.32. The molecular weight excluding hydrogens is 288 g/mol. The van der Waals surface area contributed by atoms with E-state index in [9.17, 15) is 14.4 Å². The number of urea groups is 1. The first-order chi connectivity index (χ1) is 10.0. The monoisotopic (exact) mass is 306 g/mol. The largest absolute Gasteiger partial charge is 0.331 e. The van der Waals surface area contributed by atoms with Crippen LogP contribution in [0, 0.1) is 5.41 Å². The Morgan fingerprint density at radius 2 is 2.05 bits per heavy atom. The summed E-state index contributed by atoms with van der Waals surface area (Å²) >= 11 is 1.59. The molecule has 1 aliphatic carbocycles. The molecule has 1 saturated heterocycles. The fourth-order valence-electron chi connectivity index (χ4n) is 3.36.